The van der Waals surface area contributed by atoms with Crippen molar-refractivity contribution in [3.63, 3.8) is 0 Å². The molecule has 2 saturated heterocycles. The van der Waals surface area contributed by atoms with Crippen LogP contribution in [0.4, 0.5) is 4.39 Å². The topological polar surface area (TPSA) is 35.6 Å². The Morgan fingerprint density at radius 1 is 0.968 bits per heavy atom. The molecule has 0 bridgehead atoms. The van der Waals surface area contributed by atoms with Gasteiger partial charge in [-0.3, -0.25) is 14.6 Å². The molecule has 2 aliphatic rings. The first-order valence-corrected chi connectivity index (χ1v) is 11.7. The average Bonchev–Trinajstić information content (AvgIpc) is 3.28. The van der Waals surface area contributed by atoms with E-state index in [1.165, 1.54) is 37.6 Å². The summed E-state index contributed by atoms with van der Waals surface area (Å²) in [5.41, 5.74) is 3.01. The summed E-state index contributed by atoms with van der Waals surface area (Å²) in [6.07, 6.45) is 4.16. The molecule has 6 heteroatoms. The molecule has 0 saturated carbocycles. The van der Waals surface area contributed by atoms with E-state index in [4.69, 9.17) is 11.6 Å². The van der Waals surface area contributed by atoms with E-state index in [9.17, 15) is 9.18 Å². The minimum atomic E-state index is -0.265. The van der Waals surface area contributed by atoms with E-state index in [0.717, 1.165) is 38.0 Å². The minimum absolute atomic E-state index is 0.0140. The van der Waals surface area contributed by atoms with Crippen molar-refractivity contribution in [3.05, 3.63) is 70.0 Å². The second kappa shape index (κ2) is 10.6. The molecule has 2 fully saturated rings. The van der Waals surface area contributed by atoms with Crippen molar-refractivity contribution in [2.45, 2.75) is 45.3 Å². The van der Waals surface area contributed by atoms with Crippen LogP contribution in [-0.2, 0) is 24.4 Å². The lowest BCUT2D eigenvalue weighted by Crippen LogP contribution is -2.40. The number of nitrogens with zero attached hydrogens (tertiary/aromatic N) is 2. The van der Waals surface area contributed by atoms with Crippen LogP contribution in [0.15, 0.2) is 42.5 Å². The fraction of sp³-hybridized carbons (Fsp3) is 0.480. The molecule has 4 nitrogen and oxygen atoms in total. The number of likely N-dealkylation sites (tertiary alicyclic amines) is 2. The monoisotopic (exact) mass is 443 g/mol. The van der Waals surface area contributed by atoms with Crippen molar-refractivity contribution in [2.75, 3.05) is 26.2 Å². The molecule has 1 N–H and O–H groups in total. The minimum Gasteiger partial charge on any atom is -0.352 e. The molecule has 0 aliphatic carbocycles. The molecular formula is C25H31ClFN3O. The van der Waals surface area contributed by atoms with Gasteiger partial charge in [-0.2, -0.15) is 0 Å². The number of amides is 1. The third-order valence-electron chi connectivity index (χ3n) is 6.46. The first kappa shape index (κ1) is 22.3. The number of carbonyl (C=O) groups excluding carboxylic acids is 1. The first-order chi connectivity index (χ1) is 15.1. The summed E-state index contributed by atoms with van der Waals surface area (Å²) < 4.78 is 14.0. The maximum Gasteiger partial charge on any atom is 0.223 e. The highest BCUT2D eigenvalue weighted by Crippen LogP contribution is 2.24. The van der Waals surface area contributed by atoms with Crippen LogP contribution in [0.25, 0.3) is 0 Å². The Labute approximate surface area is 189 Å². The molecule has 2 aromatic carbocycles. The fourth-order valence-electron chi connectivity index (χ4n) is 4.63. The van der Waals surface area contributed by atoms with E-state index in [2.05, 4.69) is 39.4 Å². The molecule has 2 heterocycles. The molecule has 0 aromatic heterocycles. The molecule has 0 atom stereocenters. The Morgan fingerprint density at radius 3 is 2.39 bits per heavy atom. The Bertz CT molecular complexity index is 872. The Hall–Kier alpha value is -1.95. The molecule has 0 unspecified atom stereocenters. The van der Waals surface area contributed by atoms with Crippen molar-refractivity contribution in [1.82, 2.24) is 15.1 Å². The van der Waals surface area contributed by atoms with Gasteiger partial charge < -0.3 is 5.32 Å². The standard InChI is InChI=1S/C25H31ClFN3O/c26-23-7-4-8-24(27)22(23)18-30-13-9-21(10-14-30)25(31)28-16-19-5-3-6-20(15-19)17-29-11-1-2-12-29/h3-8,15,21H,1-2,9-14,16-18H2,(H,28,31). The molecule has 31 heavy (non-hydrogen) atoms. The summed E-state index contributed by atoms with van der Waals surface area (Å²) >= 11 is 6.15. The van der Waals surface area contributed by atoms with Crippen molar-refractivity contribution >= 4 is 17.5 Å². The molecular weight excluding hydrogens is 413 g/mol. The zero-order chi connectivity index (χ0) is 21.6. The number of carbonyl (C=O) groups is 1. The van der Waals surface area contributed by atoms with Gasteiger partial charge in [-0.1, -0.05) is 41.9 Å². The Morgan fingerprint density at radius 2 is 1.65 bits per heavy atom. The van der Waals surface area contributed by atoms with Crippen LogP contribution in [0.5, 0.6) is 0 Å². The summed E-state index contributed by atoms with van der Waals surface area (Å²) in [6.45, 7) is 5.96. The fourth-order valence-corrected chi connectivity index (χ4v) is 4.85. The van der Waals surface area contributed by atoms with Crippen LogP contribution in [0.3, 0.4) is 0 Å². The second-order valence-corrected chi connectivity index (χ2v) is 9.18. The molecule has 166 valence electrons. The summed E-state index contributed by atoms with van der Waals surface area (Å²) in [5.74, 6) is -0.132. The van der Waals surface area contributed by atoms with Gasteiger partial charge in [-0.25, -0.2) is 4.39 Å². The Balaban J connectivity index is 1.23. The molecule has 2 aliphatic heterocycles. The van der Waals surface area contributed by atoms with Crippen LogP contribution in [0, 0.1) is 11.7 Å². The van der Waals surface area contributed by atoms with Crippen LogP contribution in [0.2, 0.25) is 5.02 Å². The van der Waals surface area contributed by atoms with Gasteiger partial charge in [-0.15, -0.1) is 0 Å². The van der Waals surface area contributed by atoms with E-state index in [1.807, 2.05) is 0 Å². The third kappa shape index (κ3) is 6.06. The highest BCUT2D eigenvalue weighted by Gasteiger charge is 2.25. The van der Waals surface area contributed by atoms with Gasteiger partial charge in [0.25, 0.3) is 0 Å². The quantitative estimate of drug-likeness (QED) is 0.679. The predicted octanol–water partition coefficient (Wildman–Crippen LogP) is 4.60. The van der Waals surface area contributed by atoms with Crippen molar-refractivity contribution in [2.24, 2.45) is 5.92 Å². The zero-order valence-corrected chi connectivity index (χ0v) is 18.7. The second-order valence-electron chi connectivity index (χ2n) is 8.77. The van der Waals surface area contributed by atoms with Crippen LogP contribution in [-0.4, -0.2) is 41.9 Å². The number of piperidine rings is 1. The lowest BCUT2D eigenvalue weighted by Gasteiger charge is -2.31. The SMILES string of the molecule is O=C(NCc1cccc(CN2CCCC2)c1)C1CCN(Cc2c(F)cccc2Cl)CC1. The van der Waals surface area contributed by atoms with E-state index in [1.54, 1.807) is 12.1 Å². The lowest BCUT2D eigenvalue weighted by atomic mass is 9.95. The predicted molar refractivity (Wildman–Crippen MR) is 122 cm³/mol. The van der Waals surface area contributed by atoms with Gasteiger partial charge in [0.2, 0.25) is 5.91 Å². The Kier molecular flexibility index (Phi) is 7.59. The smallest absolute Gasteiger partial charge is 0.223 e. The number of hydrogen-bond acceptors (Lipinski definition) is 3. The summed E-state index contributed by atoms with van der Waals surface area (Å²) in [6, 6.07) is 13.3. The molecule has 4 rings (SSSR count). The highest BCUT2D eigenvalue weighted by molar-refractivity contribution is 6.31. The highest BCUT2D eigenvalue weighted by atomic mass is 35.5. The van der Waals surface area contributed by atoms with Crippen molar-refractivity contribution in [1.29, 1.82) is 0 Å². The summed E-state index contributed by atoms with van der Waals surface area (Å²) in [7, 11) is 0. The number of rotatable bonds is 7. The van der Waals surface area contributed by atoms with E-state index >= 15 is 0 Å². The van der Waals surface area contributed by atoms with Gasteiger partial charge in [-0.05, 0) is 75.1 Å². The van der Waals surface area contributed by atoms with E-state index in [-0.39, 0.29) is 17.6 Å². The largest absolute Gasteiger partial charge is 0.352 e. The molecule has 2 aromatic rings. The van der Waals surface area contributed by atoms with Crippen molar-refractivity contribution in [3.8, 4) is 0 Å². The summed E-state index contributed by atoms with van der Waals surface area (Å²) in [5, 5.41) is 3.58. The lowest BCUT2D eigenvalue weighted by molar-refractivity contribution is -0.126. The van der Waals surface area contributed by atoms with Crippen LogP contribution < -0.4 is 5.32 Å². The van der Waals surface area contributed by atoms with Gasteiger partial charge in [0.15, 0.2) is 0 Å². The zero-order valence-electron chi connectivity index (χ0n) is 18.0. The van der Waals surface area contributed by atoms with E-state index < -0.39 is 0 Å². The van der Waals surface area contributed by atoms with Gasteiger partial charge in [0.05, 0.1) is 0 Å². The number of halogens is 2. The van der Waals surface area contributed by atoms with Gasteiger partial charge >= 0.3 is 0 Å². The van der Waals surface area contributed by atoms with Crippen molar-refractivity contribution < 1.29 is 9.18 Å². The maximum absolute atomic E-state index is 14.0. The first-order valence-electron chi connectivity index (χ1n) is 11.3. The number of benzene rings is 2. The van der Waals surface area contributed by atoms with Gasteiger partial charge in [0, 0.05) is 36.1 Å². The van der Waals surface area contributed by atoms with Crippen LogP contribution in [0.1, 0.15) is 42.4 Å². The molecule has 0 spiro atoms. The average molecular weight is 444 g/mol. The molecule has 1 amide bonds. The van der Waals surface area contributed by atoms with Gasteiger partial charge in [0.1, 0.15) is 5.82 Å². The third-order valence-corrected chi connectivity index (χ3v) is 6.82. The molecule has 0 radical (unpaired) electrons. The van der Waals surface area contributed by atoms with Crippen LogP contribution >= 0.6 is 11.6 Å². The number of nitrogens with one attached hydrogen (secondary N) is 1. The summed E-state index contributed by atoms with van der Waals surface area (Å²) in [4.78, 5) is 17.4. The number of hydrogen-bond donors (Lipinski definition) is 1. The maximum atomic E-state index is 14.0. The van der Waals surface area contributed by atoms with E-state index in [0.29, 0.717) is 23.7 Å². The normalized spacial score (nSPS) is 18.4.